The Kier molecular flexibility index (Phi) is 1.81. The summed E-state index contributed by atoms with van der Waals surface area (Å²) in [6, 6.07) is 1.41. The Hall–Kier alpha value is -1.32. The highest BCUT2D eigenvalue weighted by atomic mass is 16.5. The van der Waals surface area contributed by atoms with Crippen LogP contribution >= 0.6 is 0 Å². The highest BCUT2D eigenvalue weighted by Crippen LogP contribution is 2.29. The van der Waals surface area contributed by atoms with Gasteiger partial charge in [0, 0.05) is 6.07 Å². The molecule has 12 heavy (non-hydrogen) atoms. The van der Waals surface area contributed by atoms with Gasteiger partial charge in [-0.1, -0.05) is 0 Å². The number of H-pyrrole nitrogens is 1. The van der Waals surface area contributed by atoms with E-state index >= 15 is 0 Å². The zero-order valence-corrected chi connectivity index (χ0v) is 6.62. The lowest BCUT2D eigenvalue weighted by Gasteiger charge is -2.01. The molecule has 64 valence electrons. The van der Waals surface area contributed by atoms with Gasteiger partial charge in [-0.05, 0) is 18.8 Å². The standard InChI is InChI=1S/C8H10N2O2/c11-8-3-7(4-9-10-8)12-5-6-1-2-6/h3-4,6H,1-2,5H2,(H,10,11). The lowest BCUT2D eigenvalue weighted by Crippen LogP contribution is -2.08. The van der Waals surface area contributed by atoms with Gasteiger partial charge in [0.15, 0.2) is 0 Å². The molecular formula is C8H10N2O2. The van der Waals surface area contributed by atoms with Crippen LogP contribution in [0.15, 0.2) is 17.1 Å². The van der Waals surface area contributed by atoms with Gasteiger partial charge in [-0.15, -0.1) is 0 Å². The van der Waals surface area contributed by atoms with Crippen LogP contribution in [0.5, 0.6) is 5.75 Å². The van der Waals surface area contributed by atoms with Crippen LogP contribution < -0.4 is 10.3 Å². The third kappa shape index (κ3) is 1.84. The molecule has 0 aromatic carbocycles. The number of nitrogens with one attached hydrogen (secondary N) is 1. The molecule has 1 aromatic rings. The fraction of sp³-hybridized carbons (Fsp3) is 0.500. The summed E-state index contributed by atoms with van der Waals surface area (Å²) in [6.07, 6.45) is 4.01. The minimum atomic E-state index is -0.219. The van der Waals surface area contributed by atoms with Crippen molar-refractivity contribution in [3.05, 3.63) is 22.6 Å². The first-order chi connectivity index (χ1) is 5.84. The quantitative estimate of drug-likeness (QED) is 0.713. The van der Waals surface area contributed by atoms with Crippen molar-refractivity contribution in [1.29, 1.82) is 0 Å². The second-order valence-corrected chi connectivity index (χ2v) is 3.04. The van der Waals surface area contributed by atoms with Gasteiger partial charge in [0.1, 0.15) is 5.75 Å². The van der Waals surface area contributed by atoms with E-state index in [0.717, 1.165) is 0 Å². The first kappa shape index (κ1) is 7.34. The molecule has 1 heterocycles. The summed E-state index contributed by atoms with van der Waals surface area (Å²) in [5, 5.41) is 5.91. The van der Waals surface area contributed by atoms with E-state index in [0.29, 0.717) is 18.3 Å². The minimum absolute atomic E-state index is 0.219. The van der Waals surface area contributed by atoms with Crippen LogP contribution in [0.3, 0.4) is 0 Å². The summed E-state index contributed by atoms with van der Waals surface area (Å²) in [5.41, 5.74) is -0.219. The molecule has 0 saturated heterocycles. The fourth-order valence-electron chi connectivity index (χ4n) is 0.936. The second kappa shape index (κ2) is 2.97. The fourth-order valence-corrected chi connectivity index (χ4v) is 0.936. The van der Waals surface area contributed by atoms with Crippen LogP contribution in [-0.2, 0) is 0 Å². The van der Waals surface area contributed by atoms with Crippen molar-refractivity contribution in [3.63, 3.8) is 0 Å². The predicted molar refractivity (Wildman–Crippen MR) is 43.1 cm³/mol. The number of hydrogen-bond donors (Lipinski definition) is 1. The first-order valence-electron chi connectivity index (χ1n) is 4.02. The number of aromatic nitrogens is 2. The molecule has 0 bridgehead atoms. The zero-order chi connectivity index (χ0) is 8.39. The number of aromatic amines is 1. The van der Waals surface area contributed by atoms with Crippen molar-refractivity contribution in [2.75, 3.05) is 6.61 Å². The average molecular weight is 166 g/mol. The van der Waals surface area contributed by atoms with E-state index in [4.69, 9.17) is 4.74 Å². The summed E-state index contributed by atoms with van der Waals surface area (Å²) in [7, 11) is 0. The first-order valence-corrected chi connectivity index (χ1v) is 4.02. The third-order valence-electron chi connectivity index (χ3n) is 1.82. The van der Waals surface area contributed by atoms with Crippen molar-refractivity contribution in [2.45, 2.75) is 12.8 Å². The second-order valence-electron chi connectivity index (χ2n) is 3.04. The van der Waals surface area contributed by atoms with Gasteiger partial charge in [-0.2, -0.15) is 5.10 Å². The molecule has 1 aliphatic rings. The summed E-state index contributed by atoms with van der Waals surface area (Å²) in [4.78, 5) is 10.8. The maximum absolute atomic E-state index is 10.8. The zero-order valence-electron chi connectivity index (χ0n) is 6.62. The summed E-state index contributed by atoms with van der Waals surface area (Å²) in [6.45, 7) is 0.713. The van der Waals surface area contributed by atoms with E-state index in [1.54, 1.807) is 0 Å². The number of hydrogen-bond acceptors (Lipinski definition) is 3. The molecule has 0 spiro atoms. The van der Waals surface area contributed by atoms with Gasteiger partial charge < -0.3 is 4.74 Å². The van der Waals surface area contributed by atoms with Crippen LogP contribution in [-0.4, -0.2) is 16.8 Å². The monoisotopic (exact) mass is 166 g/mol. The molecule has 1 aromatic heterocycles. The summed E-state index contributed by atoms with van der Waals surface area (Å²) < 4.78 is 5.33. The Labute approximate surface area is 69.6 Å². The number of nitrogens with zero attached hydrogens (tertiary/aromatic N) is 1. The molecule has 0 amide bonds. The maximum atomic E-state index is 10.8. The van der Waals surface area contributed by atoms with E-state index in [1.165, 1.54) is 25.1 Å². The highest BCUT2D eigenvalue weighted by Gasteiger charge is 2.21. The lowest BCUT2D eigenvalue weighted by atomic mass is 10.4. The molecule has 2 rings (SSSR count). The maximum Gasteiger partial charge on any atom is 0.267 e. The van der Waals surface area contributed by atoms with Gasteiger partial charge in [0.2, 0.25) is 0 Å². The van der Waals surface area contributed by atoms with Crippen molar-refractivity contribution >= 4 is 0 Å². The topological polar surface area (TPSA) is 55.0 Å². The van der Waals surface area contributed by atoms with E-state index in [1.807, 2.05) is 0 Å². The van der Waals surface area contributed by atoms with Gasteiger partial charge in [0.25, 0.3) is 5.56 Å². The van der Waals surface area contributed by atoms with Crippen LogP contribution in [0.25, 0.3) is 0 Å². The van der Waals surface area contributed by atoms with Crippen LogP contribution in [0.1, 0.15) is 12.8 Å². The summed E-state index contributed by atoms with van der Waals surface area (Å²) in [5.74, 6) is 1.26. The SMILES string of the molecule is O=c1cc(OCC2CC2)cn[nH]1. The van der Waals surface area contributed by atoms with Crippen molar-refractivity contribution < 1.29 is 4.74 Å². The summed E-state index contributed by atoms with van der Waals surface area (Å²) >= 11 is 0. The Morgan fingerprint density at radius 1 is 1.67 bits per heavy atom. The van der Waals surface area contributed by atoms with Gasteiger partial charge >= 0.3 is 0 Å². The van der Waals surface area contributed by atoms with Gasteiger partial charge in [-0.25, -0.2) is 5.10 Å². The van der Waals surface area contributed by atoms with Crippen LogP contribution in [0, 0.1) is 5.92 Å². The smallest absolute Gasteiger partial charge is 0.267 e. The van der Waals surface area contributed by atoms with Gasteiger partial charge in [-0.3, -0.25) is 4.79 Å². The van der Waals surface area contributed by atoms with E-state index in [2.05, 4.69) is 10.2 Å². The molecule has 4 nitrogen and oxygen atoms in total. The predicted octanol–water partition coefficient (Wildman–Crippen LogP) is 0.559. The number of ether oxygens (including phenoxy) is 1. The van der Waals surface area contributed by atoms with Crippen LogP contribution in [0.4, 0.5) is 0 Å². The van der Waals surface area contributed by atoms with E-state index < -0.39 is 0 Å². The Bertz CT molecular complexity index is 317. The minimum Gasteiger partial charge on any atom is -0.491 e. The molecule has 1 aliphatic carbocycles. The molecular weight excluding hydrogens is 156 g/mol. The van der Waals surface area contributed by atoms with E-state index in [9.17, 15) is 4.79 Å². The normalized spacial score (nSPS) is 16.0. The third-order valence-corrected chi connectivity index (χ3v) is 1.82. The molecule has 1 fully saturated rings. The van der Waals surface area contributed by atoms with Crippen molar-refractivity contribution in [1.82, 2.24) is 10.2 Å². The Balaban J connectivity index is 1.97. The highest BCUT2D eigenvalue weighted by molar-refractivity contribution is 5.12. The molecule has 0 radical (unpaired) electrons. The van der Waals surface area contributed by atoms with Crippen molar-refractivity contribution in [3.8, 4) is 5.75 Å². The Morgan fingerprint density at radius 3 is 3.17 bits per heavy atom. The lowest BCUT2D eigenvalue weighted by molar-refractivity contribution is 0.297. The van der Waals surface area contributed by atoms with Crippen LogP contribution in [0.2, 0.25) is 0 Å². The molecule has 1 N–H and O–H groups in total. The average Bonchev–Trinajstić information content (AvgIpc) is 2.84. The number of rotatable bonds is 3. The molecule has 0 aliphatic heterocycles. The largest absolute Gasteiger partial charge is 0.491 e. The Morgan fingerprint density at radius 2 is 2.50 bits per heavy atom. The van der Waals surface area contributed by atoms with E-state index in [-0.39, 0.29) is 5.56 Å². The molecule has 4 heteroatoms. The molecule has 1 saturated carbocycles. The van der Waals surface area contributed by atoms with Gasteiger partial charge in [0.05, 0.1) is 12.8 Å². The molecule has 0 unspecified atom stereocenters. The molecule has 0 atom stereocenters. The van der Waals surface area contributed by atoms with Crippen molar-refractivity contribution in [2.24, 2.45) is 5.92 Å².